The van der Waals surface area contributed by atoms with Gasteiger partial charge in [0, 0.05) is 24.3 Å². The zero-order valence-corrected chi connectivity index (χ0v) is 13.9. The lowest BCUT2D eigenvalue weighted by molar-refractivity contribution is -0.117. The molecule has 1 aromatic heterocycles. The molecule has 0 radical (unpaired) electrons. The number of primary amides is 1. The highest BCUT2D eigenvalue weighted by Gasteiger charge is 2.15. The standard InChI is InChI=1S/C18H18N4OS/c19-16(23)11-12-24-18-21-20-17(13-14-7-3-1-4-8-14)22(18)15-9-5-2-6-10-15/h1-10H,11-13H2,(H2,19,23). The average molecular weight is 338 g/mol. The van der Waals surface area contributed by atoms with Gasteiger partial charge >= 0.3 is 0 Å². The Balaban J connectivity index is 1.90. The molecule has 0 aliphatic carbocycles. The number of amides is 1. The molecule has 2 N–H and O–H groups in total. The van der Waals surface area contributed by atoms with E-state index < -0.39 is 0 Å². The monoisotopic (exact) mass is 338 g/mol. The van der Waals surface area contributed by atoms with E-state index in [0.29, 0.717) is 18.6 Å². The van der Waals surface area contributed by atoms with Crippen LogP contribution in [0.15, 0.2) is 65.8 Å². The molecule has 0 aliphatic rings. The minimum atomic E-state index is -0.308. The summed E-state index contributed by atoms with van der Waals surface area (Å²) >= 11 is 1.49. The van der Waals surface area contributed by atoms with Gasteiger partial charge in [-0.2, -0.15) is 0 Å². The molecule has 0 fully saturated rings. The first-order chi connectivity index (χ1) is 11.7. The second-order valence-electron chi connectivity index (χ2n) is 5.30. The zero-order valence-electron chi connectivity index (χ0n) is 13.1. The molecule has 5 nitrogen and oxygen atoms in total. The summed E-state index contributed by atoms with van der Waals surface area (Å²) in [7, 11) is 0. The van der Waals surface area contributed by atoms with Crippen LogP contribution in [0, 0.1) is 0 Å². The van der Waals surface area contributed by atoms with Crippen LogP contribution in [0.5, 0.6) is 0 Å². The molecule has 3 aromatic rings. The van der Waals surface area contributed by atoms with E-state index in [2.05, 4.69) is 22.3 Å². The van der Waals surface area contributed by atoms with Gasteiger partial charge in [-0.25, -0.2) is 0 Å². The third kappa shape index (κ3) is 4.02. The molecular weight excluding hydrogens is 320 g/mol. The Bertz CT molecular complexity index is 802. The maximum atomic E-state index is 11.0. The summed E-state index contributed by atoms with van der Waals surface area (Å²) in [6, 6.07) is 20.2. The molecule has 0 unspecified atom stereocenters. The minimum absolute atomic E-state index is 0.308. The summed E-state index contributed by atoms with van der Waals surface area (Å²) in [6.45, 7) is 0. The highest BCUT2D eigenvalue weighted by atomic mass is 32.2. The molecule has 3 rings (SSSR count). The van der Waals surface area contributed by atoms with Gasteiger partial charge in [0.1, 0.15) is 5.82 Å². The van der Waals surface area contributed by atoms with Crippen LogP contribution in [0.2, 0.25) is 0 Å². The van der Waals surface area contributed by atoms with E-state index in [1.54, 1.807) is 0 Å². The van der Waals surface area contributed by atoms with E-state index in [4.69, 9.17) is 5.73 Å². The quantitative estimate of drug-likeness (QED) is 0.672. The van der Waals surface area contributed by atoms with Gasteiger partial charge in [0.15, 0.2) is 5.16 Å². The molecule has 122 valence electrons. The van der Waals surface area contributed by atoms with Crippen LogP contribution < -0.4 is 5.73 Å². The van der Waals surface area contributed by atoms with Crippen LogP contribution in [-0.4, -0.2) is 26.4 Å². The largest absolute Gasteiger partial charge is 0.370 e. The Morgan fingerprint density at radius 3 is 2.33 bits per heavy atom. The van der Waals surface area contributed by atoms with Crippen LogP contribution in [0.1, 0.15) is 17.8 Å². The smallest absolute Gasteiger partial charge is 0.218 e. The maximum absolute atomic E-state index is 11.0. The first-order valence-corrected chi connectivity index (χ1v) is 8.67. The molecule has 0 saturated carbocycles. The molecular formula is C18H18N4OS. The topological polar surface area (TPSA) is 73.8 Å². The number of carbonyl (C=O) groups is 1. The van der Waals surface area contributed by atoms with Gasteiger partial charge in [-0.3, -0.25) is 9.36 Å². The third-order valence-electron chi connectivity index (χ3n) is 3.50. The predicted molar refractivity (Wildman–Crippen MR) is 95.1 cm³/mol. The average Bonchev–Trinajstić information content (AvgIpc) is 2.99. The molecule has 2 aromatic carbocycles. The Labute approximate surface area is 144 Å². The predicted octanol–water partition coefficient (Wildman–Crippen LogP) is 2.83. The Kier molecular flexibility index (Phi) is 5.28. The van der Waals surface area contributed by atoms with E-state index in [1.165, 1.54) is 17.3 Å². The van der Waals surface area contributed by atoms with Gasteiger partial charge in [-0.05, 0) is 17.7 Å². The summed E-state index contributed by atoms with van der Waals surface area (Å²) in [5.74, 6) is 1.15. The summed E-state index contributed by atoms with van der Waals surface area (Å²) in [5.41, 5.74) is 7.40. The van der Waals surface area contributed by atoms with Crippen molar-refractivity contribution in [2.45, 2.75) is 18.0 Å². The van der Waals surface area contributed by atoms with Crippen molar-refractivity contribution in [2.24, 2.45) is 5.73 Å². The summed E-state index contributed by atoms with van der Waals surface area (Å²) in [4.78, 5) is 11.0. The summed E-state index contributed by atoms with van der Waals surface area (Å²) < 4.78 is 2.04. The molecule has 1 amide bonds. The Hall–Kier alpha value is -2.60. The number of para-hydroxylation sites is 1. The number of aromatic nitrogens is 3. The highest BCUT2D eigenvalue weighted by molar-refractivity contribution is 7.99. The van der Waals surface area contributed by atoms with Crippen LogP contribution in [0.3, 0.4) is 0 Å². The maximum Gasteiger partial charge on any atom is 0.218 e. The zero-order chi connectivity index (χ0) is 16.8. The number of rotatable bonds is 7. The van der Waals surface area contributed by atoms with E-state index in [1.807, 2.05) is 53.1 Å². The Morgan fingerprint density at radius 2 is 1.67 bits per heavy atom. The second-order valence-corrected chi connectivity index (χ2v) is 6.36. The number of nitrogens with two attached hydrogens (primary N) is 1. The lowest BCUT2D eigenvalue weighted by atomic mass is 10.1. The van der Waals surface area contributed by atoms with Crippen molar-refractivity contribution in [3.05, 3.63) is 72.1 Å². The van der Waals surface area contributed by atoms with E-state index >= 15 is 0 Å². The van der Waals surface area contributed by atoms with Gasteiger partial charge in [0.25, 0.3) is 0 Å². The lowest BCUT2D eigenvalue weighted by Gasteiger charge is -2.10. The lowest BCUT2D eigenvalue weighted by Crippen LogP contribution is -2.11. The van der Waals surface area contributed by atoms with Crippen molar-refractivity contribution < 1.29 is 4.79 Å². The molecule has 6 heteroatoms. The SMILES string of the molecule is NC(=O)CCSc1nnc(Cc2ccccc2)n1-c1ccccc1. The van der Waals surface area contributed by atoms with Crippen LogP contribution in [0.4, 0.5) is 0 Å². The van der Waals surface area contributed by atoms with Gasteiger partial charge in [-0.15, -0.1) is 10.2 Å². The number of hydrogen-bond acceptors (Lipinski definition) is 4. The van der Waals surface area contributed by atoms with Gasteiger partial charge in [-0.1, -0.05) is 60.3 Å². The molecule has 24 heavy (non-hydrogen) atoms. The van der Waals surface area contributed by atoms with E-state index in [9.17, 15) is 4.79 Å². The van der Waals surface area contributed by atoms with Crippen molar-refractivity contribution in [1.82, 2.24) is 14.8 Å². The Morgan fingerprint density at radius 1 is 1.00 bits per heavy atom. The van der Waals surface area contributed by atoms with Crippen molar-refractivity contribution in [2.75, 3.05) is 5.75 Å². The van der Waals surface area contributed by atoms with Crippen molar-refractivity contribution in [3.63, 3.8) is 0 Å². The highest BCUT2D eigenvalue weighted by Crippen LogP contribution is 2.23. The third-order valence-corrected chi connectivity index (χ3v) is 4.43. The molecule has 1 heterocycles. The fraction of sp³-hybridized carbons (Fsp3) is 0.167. The van der Waals surface area contributed by atoms with E-state index in [0.717, 1.165) is 16.7 Å². The number of carbonyl (C=O) groups excluding carboxylic acids is 1. The first kappa shape index (κ1) is 16.3. The number of hydrogen-bond donors (Lipinski definition) is 1. The molecule has 0 bridgehead atoms. The fourth-order valence-electron chi connectivity index (χ4n) is 2.37. The normalized spacial score (nSPS) is 10.7. The van der Waals surface area contributed by atoms with Crippen molar-refractivity contribution in [1.29, 1.82) is 0 Å². The first-order valence-electron chi connectivity index (χ1n) is 7.69. The number of benzene rings is 2. The van der Waals surface area contributed by atoms with E-state index in [-0.39, 0.29) is 5.91 Å². The minimum Gasteiger partial charge on any atom is -0.370 e. The van der Waals surface area contributed by atoms with Crippen molar-refractivity contribution in [3.8, 4) is 5.69 Å². The molecule has 0 saturated heterocycles. The number of nitrogens with zero attached hydrogens (tertiary/aromatic N) is 3. The van der Waals surface area contributed by atoms with Crippen LogP contribution >= 0.6 is 11.8 Å². The molecule has 0 aliphatic heterocycles. The molecule has 0 atom stereocenters. The molecule has 0 spiro atoms. The summed E-state index contributed by atoms with van der Waals surface area (Å²) in [6.07, 6.45) is 1.01. The van der Waals surface area contributed by atoms with Gasteiger partial charge in [0.05, 0.1) is 0 Å². The fourth-order valence-corrected chi connectivity index (χ4v) is 3.29. The van der Waals surface area contributed by atoms with Crippen LogP contribution in [0.25, 0.3) is 5.69 Å². The summed E-state index contributed by atoms with van der Waals surface area (Å²) in [5, 5.41) is 9.44. The number of thioether (sulfide) groups is 1. The van der Waals surface area contributed by atoms with Crippen molar-refractivity contribution >= 4 is 17.7 Å². The second kappa shape index (κ2) is 7.79. The van der Waals surface area contributed by atoms with Gasteiger partial charge in [0.2, 0.25) is 5.91 Å². The van der Waals surface area contributed by atoms with Crippen LogP contribution in [-0.2, 0) is 11.2 Å². The van der Waals surface area contributed by atoms with Gasteiger partial charge < -0.3 is 5.73 Å².